The molecular formula is C14H19O5P. The van der Waals surface area contributed by atoms with Gasteiger partial charge in [-0.2, -0.15) is 0 Å². The molecule has 1 saturated heterocycles. The zero-order chi connectivity index (χ0) is 14.6. The van der Waals surface area contributed by atoms with E-state index in [1.54, 1.807) is 0 Å². The quantitative estimate of drug-likeness (QED) is 0.631. The van der Waals surface area contributed by atoms with Crippen LogP contribution in [0.1, 0.15) is 19.4 Å². The summed E-state index contributed by atoms with van der Waals surface area (Å²) in [4.78, 5) is 11.7. The second-order valence-electron chi connectivity index (χ2n) is 5.63. The fraction of sp³-hybridized carbons (Fsp3) is 0.500. The molecule has 0 spiro atoms. The van der Waals surface area contributed by atoms with Crippen molar-refractivity contribution < 1.29 is 23.1 Å². The van der Waals surface area contributed by atoms with Gasteiger partial charge in [0.15, 0.2) is 0 Å². The summed E-state index contributed by atoms with van der Waals surface area (Å²) in [6.45, 7) is 4.69. The van der Waals surface area contributed by atoms with E-state index >= 15 is 0 Å². The van der Waals surface area contributed by atoms with Gasteiger partial charge < -0.3 is 13.8 Å². The van der Waals surface area contributed by atoms with Crippen molar-refractivity contribution in [2.45, 2.75) is 20.5 Å². The average molecular weight is 298 g/mol. The second kappa shape index (κ2) is 6.08. The third-order valence-electron chi connectivity index (χ3n) is 2.87. The number of rotatable bonds is 4. The Balaban J connectivity index is 1.81. The zero-order valence-electron chi connectivity index (χ0n) is 11.7. The van der Waals surface area contributed by atoms with E-state index in [9.17, 15) is 9.36 Å². The van der Waals surface area contributed by atoms with E-state index in [-0.39, 0.29) is 18.2 Å². The maximum atomic E-state index is 12.2. The van der Waals surface area contributed by atoms with Crippen molar-refractivity contribution in [3.05, 3.63) is 35.9 Å². The lowest BCUT2D eigenvalue weighted by Crippen LogP contribution is -2.31. The Kier molecular flexibility index (Phi) is 4.63. The number of esters is 1. The zero-order valence-corrected chi connectivity index (χ0v) is 12.6. The first-order valence-electron chi connectivity index (χ1n) is 6.46. The molecule has 1 aliphatic heterocycles. The number of carbonyl (C=O) groups is 1. The molecule has 110 valence electrons. The van der Waals surface area contributed by atoms with Crippen LogP contribution in [0.3, 0.4) is 0 Å². The minimum atomic E-state index is -3.35. The minimum Gasteiger partial charge on any atom is -0.460 e. The van der Waals surface area contributed by atoms with E-state index in [1.165, 1.54) is 0 Å². The molecule has 20 heavy (non-hydrogen) atoms. The lowest BCUT2D eigenvalue weighted by atomic mass is 9.97. The Morgan fingerprint density at radius 1 is 1.25 bits per heavy atom. The first kappa shape index (κ1) is 15.2. The molecule has 0 saturated carbocycles. The minimum absolute atomic E-state index is 0.158. The summed E-state index contributed by atoms with van der Waals surface area (Å²) in [5.74, 6) is -0.572. The molecule has 0 N–H and O–H groups in total. The average Bonchev–Trinajstić information content (AvgIpc) is 2.42. The fourth-order valence-electron chi connectivity index (χ4n) is 1.66. The summed E-state index contributed by atoms with van der Waals surface area (Å²) in [6, 6.07) is 9.31. The third kappa shape index (κ3) is 4.44. The van der Waals surface area contributed by atoms with Gasteiger partial charge in [0, 0.05) is 5.41 Å². The van der Waals surface area contributed by atoms with Crippen molar-refractivity contribution in [2.75, 3.05) is 19.4 Å². The van der Waals surface area contributed by atoms with E-state index in [0.29, 0.717) is 13.2 Å². The molecule has 1 fully saturated rings. The Hall–Kier alpha value is -1.16. The molecule has 0 bridgehead atoms. The number of benzene rings is 1. The molecule has 6 heteroatoms. The molecule has 2 rings (SSSR count). The summed E-state index contributed by atoms with van der Waals surface area (Å²) in [5, 5.41) is 0. The largest absolute Gasteiger partial charge is 0.460 e. The van der Waals surface area contributed by atoms with Gasteiger partial charge in [-0.05, 0) is 5.56 Å². The topological polar surface area (TPSA) is 61.8 Å². The summed E-state index contributed by atoms with van der Waals surface area (Å²) in [6.07, 6.45) is -0.337. The molecule has 0 aromatic heterocycles. The summed E-state index contributed by atoms with van der Waals surface area (Å²) >= 11 is 0. The van der Waals surface area contributed by atoms with Gasteiger partial charge in [0.25, 0.3) is 0 Å². The molecule has 0 amide bonds. The number of hydrogen-bond donors (Lipinski definition) is 0. The third-order valence-corrected chi connectivity index (χ3v) is 4.56. The highest BCUT2D eigenvalue weighted by atomic mass is 31.2. The monoisotopic (exact) mass is 298 g/mol. The number of ether oxygens (including phenoxy) is 1. The molecule has 0 aliphatic carbocycles. The Labute approximate surface area is 118 Å². The van der Waals surface area contributed by atoms with Gasteiger partial charge >= 0.3 is 13.6 Å². The highest BCUT2D eigenvalue weighted by Crippen LogP contribution is 2.53. The molecule has 1 aromatic rings. The van der Waals surface area contributed by atoms with E-state index < -0.39 is 13.6 Å². The second-order valence-corrected chi connectivity index (χ2v) is 7.68. The molecule has 0 unspecified atom stereocenters. The van der Waals surface area contributed by atoms with Crippen molar-refractivity contribution in [3.63, 3.8) is 0 Å². The molecule has 1 aromatic carbocycles. The maximum absolute atomic E-state index is 12.2. The Morgan fingerprint density at radius 2 is 1.85 bits per heavy atom. The summed E-state index contributed by atoms with van der Waals surface area (Å²) in [5.41, 5.74) is 0.702. The standard InChI is InChI=1S/C14H19O5P/c1-14(2)10-18-20(16,19-11-14)9-13(15)17-8-12-6-4-3-5-7-12/h3-7H,8-11H2,1-2H3. The van der Waals surface area contributed by atoms with Crippen LogP contribution in [-0.4, -0.2) is 25.3 Å². The molecule has 0 radical (unpaired) electrons. The van der Waals surface area contributed by atoms with Crippen LogP contribution >= 0.6 is 7.60 Å². The van der Waals surface area contributed by atoms with Crippen LogP contribution in [-0.2, 0) is 29.8 Å². The van der Waals surface area contributed by atoms with Gasteiger partial charge in [0.05, 0.1) is 13.2 Å². The highest BCUT2D eigenvalue weighted by Gasteiger charge is 2.38. The predicted octanol–water partition coefficient (Wildman–Crippen LogP) is 3.00. The maximum Gasteiger partial charge on any atom is 0.341 e. The van der Waals surface area contributed by atoms with Gasteiger partial charge in [0.2, 0.25) is 0 Å². The summed E-state index contributed by atoms with van der Waals surface area (Å²) in [7, 11) is -3.35. The molecule has 0 atom stereocenters. The Bertz CT molecular complexity index is 498. The van der Waals surface area contributed by atoms with Crippen molar-refractivity contribution in [2.24, 2.45) is 5.41 Å². The van der Waals surface area contributed by atoms with Crippen molar-refractivity contribution in [3.8, 4) is 0 Å². The van der Waals surface area contributed by atoms with E-state index in [2.05, 4.69) is 0 Å². The van der Waals surface area contributed by atoms with Gasteiger partial charge in [-0.15, -0.1) is 0 Å². The molecule has 1 aliphatic rings. The molecule has 5 nitrogen and oxygen atoms in total. The highest BCUT2D eigenvalue weighted by molar-refractivity contribution is 7.54. The smallest absolute Gasteiger partial charge is 0.341 e. The van der Waals surface area contributed by atoms with Crippen LogP contribution in [0.5, 0.6) is 0 Å². The van der Waals surface area contributed by atoms with Gasteiger partial charge in [-0.1, -0.05) is 44.2 Å². The number of hydrogen-bond acceptors (Lipinski definition) is 5. The fourth-order valence-corrected chi connectivity index (χ4v) is 3.42. The van der Waals surface area contributed by atoms with Crippen molar-refractivity contribution in [1.29, 1.82) is 0 Å². The van der Waals surface area contributed by atoms with Crippen LogP contribution < -0.4 is 0 Å². The summed E-state index contributed by atoms with van der Waals surface area (Å²) < 4.78 is 27.7. The van der Waals surface area contributed by atoms with Crippen molar-refractivity contribution in [1.82, 2.24) is 0 Å². The molecular weight excluding hydrogens is 279 g/mol. The lowest BCUT2D eigenvalue weighted by Gasteiger charge is -2.33. The van der Waals surface area contributed by atoms with Gasteiger partial charge in [-0.3, -0.25) is 9.36 Å². The lowest BCUT2D eigenvalue weighted by molar-refractivity contribution is -0.142. The first-order valence-corrected chi connectivity index (χ1v) is 8.19. The molecule has 1 heterocycles. The van der Waals surface area contributed by atoms with Crippen LogP contribution in [0.2, 0.25) is 0 Å². The van der Waals surface area contributed by atoms with Crippen LogP contribution in [0, 0.1) is 5.41 Å². The van der Waals surface area contributed by atoms with Gasteiger partial charge in [0.1, 0.15) is 12.8 Å². The van der Waals surface area contributed by atoms with Gasteiger partial charge in [-0.25, -0.2) is 0 Å². The Morgan fingerprint density at radius 3 is 2.45 bits per heavy atom. The van der Waals surface area contributed by atoms with Crippen LogP contribution in [0.25, 0.3) is 0 Å². The predicted molar refractivity (Wildman–Crippen MR) is 74.4 cm³/mol. The van der Waals surface area contributed by atoms with E-state index in [4.69, 9.17) is 13.8 Å². The first-order chi connectivity index (χ1) is 9.39. The van der Waals surface area contributed by atoms with Crippen LogP contribution in [0.4, 0.5) is 0 Å². The van der Waals surface area contributed by atoms with E-state index in [0.717, 1.165) is 5.56 Å². The number of carbonyl (C=O) groups excluding carboxylic acids is 1. The normalized spacial score (nSPS) is 20.3. The van der Waals surface area contributed by atoms with Crippen LogP contribution in [0.15, 0.2) is 30.3 Å². The van der Waals surface area contributed by atoms with Crippen molar-refractivity contribution >= 4 is 13.6 Å². The van der Waals surface area contributed by atoms with E-state index in [1.807, 2.05) is 44.2 Å². The SMILES string of the molecule is CC1(C)COP(=O)(CC(=O)OCc2ccccc2)OC1.